The largest absolute Gasteiger partial charge is 0.372 e. The molecule has 0 saturated carbocycles. The van der Waals surface area contributed by atoms with Gasteiger partial charge in [0.15, 0.2) is 0 Å². The molecule has 2 aliphatic heterocycles. The zero-order valence-electron chi connectivity index (χ0n) is 14.1. The fourth-order valence-electron chi connectivity index (χ4n) is 3.85. The zero-order valence-corrected chi connectivity index (χ0v) is 14.9. The number of nitrogens with one attached hydrogen (secondary N) is 1. The van der Waals surface area contributed by atoms with Crippen LogP contribution in [0.4, 0.5) is 5.95 Å². The van der Waals surface area contributed by atoms with Crippen molar-refractivity contribution in [2.45, 2.75) is 31.9 Å². The number of ether oxygens (including phenoxy) is 1. The molecular weight excluding hydrogens is 320 g/mol. The molecule has 4 rings (SSSR count). The minimum atomic E-state index is 0.0891. The average molecular weight is 344 g/mol. The summed E-state index contributed by atoms with van der Waals surface area (Å²) >= 11 is 1.77. The summed E-state index contributed by atoms with van der Waals surface area (Å²) in [6.45, 7) is 6.99. The van der Waals surface area contributed by atoms with Gasteiger partial charge in [-0.2, -0.15) is 11.3 Å². The van der Waals surface area contributed by atoms with Crippen molar-refractivity contribution in [3.8, 4) is 0 Å². The Kier molecular flexibility index (Phi) is 4.52. The van der Waals surface area contributed by atoms with Gasteiger partial charge in [0, 0.05) is 45.2 Å². The van der Waals surface area contributed by atoms with Gasteiger partial charge in [0.25, 0.3) is 0 Å². The summed E-state index contributed by atoms with van der Waals surface area (Å²) in [5.41, 5.74) is 2.60. The van der Waals surface area contributed by atoms with Crippen LogP contribution < -0.4 is 5.32 Å². The predicted octanol–water partition coefficient (Wildman–Crippen LogP) is 2.94. The Bertz CT molecular complexity index is 652. The topological polar surface area (TPSA) is 50.3 Å². The molecule has 2 aromatic heterocycles. The third kappa shape index (κ3) is 3.31. The molecule has 1 N–H and O–H groups in total. The van der Waals surface area contributed by atoms with Gasteiger partial charge in [-0.3, -0.25) is 4.90 Å². The van der Waals surface area contributed by atoms with E-state index in [1.54, 1.807) is 11.3 Å². The van der Waals surface area contributed by atoms with Crippen LogP contribution in [-0.4, -0.2) is 46.7 Å². The molecule has 2 aromatic rings. The summed E-state index contributed by atoms with van der Waals surface area (Å²) in [5.74, 6) is 1.36. The molecule has 0 amide bonds. The molecule has 0 aromatic carbocycles. The first kappa shape index (κ1) is 16.0. The molecule has 2 fully saturated rings. The molecular formula is C18H24N4OS. The van der Waals surface area contributed by atoms with E-state index in [-0.39, 0.29) is 5.60 Å². The van der Waals surface area contributed by atoms with Crippen LogP contribution in [0.1, 0.15) is 24.0 Å². The van der Waals surface area contributed by atoms with E-state index < -0.39 is 0 Å². The van der Waals surface area contributed by atoms with Gasteiger partial charge < -0.3 is 10.1 Å². The lowest BCUT2D eigenvalue weighted by molar-refractivity contribution is -0.136. The Hall–Kier alpha value is -1.50. The van der Waals surface area contributed by atoms with Gasteiger partial charge in [-0.15, -0.1) is 0 Å². The molecule has 24 heavy (non-hydrogen) atoms. The molecule has 128 valence electrons. The summed E-state index contributed by atoms with van der Waals surface area (Å²) in [5, 5.41) is 7.73. The van der Waals surface area contributed by atoms with Crippen molar-refractivity contribution in [1.82, 2.24) is 14.9 Å². The van der Waals surface area contributed by atoms with Crippen molar-refractivity contribution in [3.63, 3.8) is 0 Å². The van der Waals surface area contributed by atoms with Crippen LogP contribution in [0, 0.1) is 12.8 Å². The quantitative estimate of drug-likeness (QED) is 0.873. The van der Waals surface area contributed by atoms with Crippen molar-refractivity contribution in [2.75, 3.05) is 31.6 Å². The molecule has 4 heterocycles. The maximum Gasteiger partial charge on any atom is 0.222 e. The summed E-state index contributed by atoms with van der Waals surface area (Å²) in [6, 6.07) is 2.22. The highest BCUT2D eigenvalue weighted by Gasteiger charge is 2.52. The lowest BCUT2D eigenvalue weighted by Crippen LogP contribution is -2.64. The third-order valence-electron chi connectivity index (χ3n) is 5.13. The van der Waals surface area contributed by atoms with E-state index in [1.165, 1.54) is 12.0 Å². The van der Waals surface area contributed by atoms with E-state index in [2.05, 4.69) is 37.0 Å². The van der Waals surface area contributed by atoms with Crippen LogP contribution >= 0.6 is 11.3 Å². The summed E-state index contributed by atoms with van der Waals surface area (Å²) in [6.07, 6.45) is 5.99. The molecule has 0 bridgehead atoms. The van der Waals surface area contributed by atoms with Gasteiger partial charge in [-0.05, 0) is 53.6 Å². The van der Waals surface area contributed by atoms with Gasteiger partial charge in [0.05, 0.1) is 5.60 Å². The monoisotopic (exact) mass is 344 g/mol. The van der Waals surface area contributed by atoms with Crippen LogP contribution in [-0.2, 0) is 11.3 Å². The van der Waals surface area contributed by atoms with Crippen molar-refractivity contribution in [2.24, 2.45) is 5.92 Å². The highest BCUT2D eigenvalue weighted by Crippen LogP contribution is 2.42. The highest BCUT2D eigenvalue weighted by molar-refractivity contribution is 7.07. The normalized spacial score (nSPS) is 22.6. The SMILES string of the molecule is Cc1cnc(NCCC2CCOC23CN(Cc2ccsc2)C3)nc1. The van der Waals surface area contributed by atoms with Gasteiger partial charge in [-0.25, -0.2) is 9.97 Å². The summed E-state index contributed by atoms with van der Waals surface area (Å²) in [4.78, 5) is 11.1. The van der Waals surface area contributed by atoms with Crippen molar-refractivity contribution >= 4 is 17.3 Å². The first-order chi connectivity index (χ1) is 11.7. The maximum absolute atomic E-state index is 6.16. The number of hydrogen-bond donors (Lipinski definition) is 1. The molecule has 5 nitrogen and oxygen atoms in total. The van der Waals surface area contributed by atoms with Crippen molar-refractivity contribution < 1.29 is 4.74 Å². The van der Waals surface area contributed by atoms with Crippen molar-refractivity contribution in [1.29, 1.82) is 0 Å². The fraction of sp³-hybridized carbons (Fsp3) is 0.556. The second kappa shape index (κ2) is 6.78. The smallest absolute Gasteiger partial charge is 0.222 e. The van der Waals surface area contributed by atoms with Crippen molar-refractivity contribution in [3.05, 3.63) is 40.3 Å². The molecule has 1 atom stereocenters. The number of hydrogen-bond acceptors (Lipinski definition) is 6. The molecule has 1 unspecified atom stereocenters. The van der Waals surface area contributed by atoms with Gasteiger partial charge >= 0.3 is 0 Å². The number of likely N-dealkylation sites (tertiary alicyclic amines) is 1. The lowest BCUT2D eigenvalue weighted by atomic mass is 9.79. The first-order valence-corrected chi connectivity index (χ1v) is 9.58. The van der Waals surface area contributed by atoms with E-state index >= 15 is 0 Å². The molecule has 6 heteroatoms. The van der Waals surface area contributed by atoms with E-state index in [4.69, 9.17) is 4.74 Å². The minimum absolute atomic E-state index is 0.0891. The Morgan fingerprint density at radius 3 is 2.96 bits per heavy atom. The maximum atomic E-state index is 6.16. The Labute approximate surface area is 147 Å². The third-order valence-corrected chi connectivity index (χ3v) is 5.86. The van der Waals surface area contributed by atoms with E-state index in [9.17, 15) is 0 Å². The Morgan fingerprint density at radius 2 is 2.21 bits per heavy atom. The molecule has 2 saturated heterocycles. The number of thiophene rings is 1. The lowest BCUT2D eigenvalue weighted by Gasteiger charge is -2.50. The van der Waals surface area contributed by atoms with Crippen LogP contribution in [0.2, 0.25) is 0 Å². The zero-order chi connectivity index (χ0) is 16.4. The minimum Gasteiger partial charge on any atom is -0.372 e. The molecule has 0 radical (unpaired) electrons. The van der Waals surface area contributed by atoms with Gasteiger partial charge in [0.2, 0.25) is 5.95 Å². The fourth-order valence-corrected chi connectivity index (χ4v) is 4.51. The second-order valence-electron chi connectivity index (χ2n) is 6.98. The number of aromatic nitrogens is 2. The van der Waals surface area contributed by atoms with E-state index in [0.717, 1.165) is 50.7 Å². The van der Waals surface area contributed by atoms with E-state index in [0.29, 0.717) is 5.92 Å². The number of rotatable bonds is 6. The molecule has 2 aliphatic rings. The van der Waals surface area contributed by atoms with Crippen LogP contribution in [0.15, 0.2) is 29.2 Å². The summed E-state index contributed by atoms with van der Waals surface area (Å²) in [7, 11) is 0. The predicted molar refractivity (Wildman–Crippen MR) is 96.3 cm³/mol. The van der Waals surface area contributed by atoms with Gasteiger partial charge in [-0.1, -0.05) is 0 Å². The second-order valence-corrected chi connectivity index (χ2v) is 7.76. The summed E-state index contributed by atoms with van der Waals surface area (Å²) < 4.78 is 6.16. The van der Waals surface area contributed by atoms with Crippen LogP contribution in [0.3, 0.4) is 0 Å². The molecule has 1 spiro atoms. The number of aryl methyl sites for hydroxylation is 1. The van der Waals surface area contributed by atoms with Crippen LogP contribution in [0.5, 0.6) is 0 Å². The average Bonchev–Trinajstić information content (AvgIpc) is 3.19. The highest BCUT2D eigenvalue weighted by atomic mass is 32.1. The number of anilines is 1. The first-order valence-electron chi connectivity index (χ1n) is 8.63. The number of nitrogens with zero attached hydrogens (tertiary/aromatic N) is 3. The van der Waals surface area contributed by atoms with Crippen LogP contribution in [0.25, 0.3) is 0 Å². The van der Waals surface area contributed by atoms with E-state index in [1.807, 2.05) is 19.3 Å². The Balaban J connectivity index is 1.26. The standard InChI is InChI=1S/C18H24N4OS/c1-14-8-20-17(21-9-14)19-5-2-16-3-6-23-18(16)12-22(13-18)10-15-4-7-24-11-15/h4,7-9,11,16H,2-3,5-6,10,12-13H2,1H3,(H,19,20,21). The van der Waals surface area contributed by atoms with Gasteiger partial charge in [0.1, 0.15) is 0 Å². The Morgan fingerprint density at radius 1 is 1.38 bits per heavy atom. The molecule has 0 aliphatic carbocycles.